The van der Waals surface area contributed by atoms with E-state index in [1.54, 1.807) is 38.6 Å². The fourth-order valence-electron chi connectivity index (χ4n) is 16.0. The van der Waals surface area contributed by atoms with Crippen molar-refractivity contribution in [3.8, 4) is 45.8 Å². The number of fused-ring (bicyclic) bond motifs is 6. The second-order valence-corrected chi connectivity index (χ2v) is 29.9. The molecular formula is C81H86ClF2N23O2. The van der Waals surface area contributed by atoms with Gasteiger partial charge in [0.25, 0.3) is 0 Å². The fourth-order valence-corrected chi connectivity index (χ4v) is 16.3. The second-order valence-electron chi connectivity index (χ2n) is 29.5. The molecule has 0 amide bonds. The highest BCUT2D eigenvalue weighted by Gasteiger charge is 2.47. The minimum Gasteiger partial charge on any atom is -0.497 e. The molecule has 0 radical (unpaired) electrons. The number of aromatic amines is 3. The molecule has 0 spiro atoms. The molecule has 20 heterocycles. The van der Waals surface area contributed by atoms with Crippen LogP contribution in [0.15, 0.2) is 140 Å². The lowest BCUT2D eigenvalue weighted by molar-refractivity contribution is -0.00950. The molecule has 0 saturated carbocycles. The number of methoxy groups -OCH3 is 2. The first kappa shape index (κ1) is 72.1. The Hall–Kier alpha value is -11.1. The monoisotopic (exact) mass is 1490 g/mol. The number of nitrogens with zero attached hydrogens (tertiary/aromatic N) is 20. The standard InChI is InChI=1S/C28H30FN7O.C27H29ClN8O.C26H27FN8/c1-17-8-21(11-22-9-18(2)33-34-22)32-28(31-17)19-4-7-27(30-13-19)35-15-23-12-24(16-35)36(23)14-20-10-25(37-3)5-6-26(20)29;1-16-6-20(9-21-7-17(2)33-34-21)32-26(31-16)19-4-5-25(29-12-19)35-14-22-10-23(15-35)36(22)13-18-8-24(28)27(37-3)30-11-18;1-16-5-21(8-22-6-17(2)32-33-22)31-26(30-16)19-3-4-25(29-11-19)34-14-23-9-24(15-34)35(23)13-18-7-20(27)12-28-10-18/h4-10,13,23-24H,11-12,14-16H2,1-3H3,(H,33,34);4-8,11-12,22-23H,9-10,13-15H2,1-3H3,(H,33,34);3-7,10-12,23-24H,8-9,13-15H2,1-2H3,(H,32,33). The maximum atomic E-state index is 14.4. The largest absolute Gasteiger partial charge is 0.497 e. The topological polar surface area (TPSA) is 266 Å². The van der Waals surface area contributed by atoms with Gasteiger partial charge in [-0.1, -0.05) is 11.6 Å². The third-order valence-electron chi connectivity index (χ3n) is 21.3. The number of piperazine rings is 3. The van der Waals surface area contributed by atoms with Gasteiger partial charge in [-0.2, -0.15) is 15.3 Å². The van der Waals surface area contributed by atoms with Gasteiger partial charge < -0.3 is 24.2 Å². The van der Waals surface area contributed by atoms with E-state index in [9.17, 15) is 8.78 Å². The highest BCUT2D eigenvalue weighted by atomic mass is 35.5. The molecule has 9 aliphatic rings. The number of pyridine rings is 5. The van der Waals surface area contributed by atoms with Gasteiger partial charge in [-0.05, 0) is 175 Å². The predicted molar refractivity (Wildman–Crippen MR) is 411 cm³/mol. The molecule has 25 nitrogen and oxygen atoms in total. The average Bonchev–Trinajstić information content (AvgIpc) is 1.12. The molecule has 9 fully saturated rings. The minimum absolute atomic E-state index is 0.180. The molecule has 9 aliphatic heterocycles. The lowest BCUT2D eigenvalue weighted by Crippen LogP contribution is -2.68. The van der Waals surface area contributed by atoms with Crippen LogP contribution in [0, 0.1) is 53.2 Å². The van der Waals surface area contributed by atoms with Crippen LogP contribution in [0.2, 0.25) is 5.02 Å². The first-order valence-electron chi connectivity index (χ1n) is 37.0. The molecule has 109 heavy (non-hydrogen) atoms. The van der Waals surface area contributed by atoms with Crippen molar-refractivity contribution in [3.63, 3.8) is 0 Å². The van der Waals surface area contributed by atoms with Crippen LogP contribution in [0.3, 0.4) is 0 Å². The number of piperidine rings is 3. The Balaban J connectivity index is 0.000000125. The third kappa shape index (κ3) is 16.5. The van der Waals surface area contributed by atoms with Gasteiger partial charge in [0, 0.05) is 202 Å². The summed E-state index contributed by atoms with van der Waals surface area (Å²) in [5.41, 5.74) is 17.0. The SMILES string of the molecule is COc1ccc(F)c(CN2C3CC2CN(c2ccc(-c4nc(C)cc(Cc5cc(C)[nH]n5)n4)cn2)C3)c1.COc1ncc(CN2C3CC2CN(c2ccc(-c4nc(C)cc(Cc5cc(C)[nH]n5)n4)cn2)C3)cc1Cl.Cc1cc(Cc2cc(C)[nH]n2)nc(-c2ccc(N3CC4CC(C3)N4Cc3cncc(F)c3)nc2)n1. The average molecular weight is 1490 g/mol. The first-order chi connectivity index (χ1) is 52.9. The fraction of sp³-hybridized carbons (Fsp3) is 0.358. The van der Waals surface area contributed by atoms with Crippen molar-refractivity contribution in [2.45, 2.75) is 136 Å². The van der Waals surface area contributed by atoms with Crippen molar-refractivity contribution in [2.75, 3.05) is 68.2 Å². The van der Waals surface area contributed by atoms with Gasteiger partial charge in [-0.3, -0.25) is 35.0 Å². The van der Waals surface area contributed by atoms with E-state index in [0.29, 0.717) is 102 Å². The zero-order valence-corrected chi connectivity index (χ0v) is 63.0. The van der Waals surface area contributed by atoms with Gasteiger partial charge in [-0.25, -0.2) is 58.6 Å². The Morgan fingerprint density at radius 1 is 0.413 bits per heavy atom. The molecule has 28 heteroatoms. The van der Waals surface area contributed by atoms with Crippen LogP contribution in [-0.4, -0.2) is 190 Å². The van der Waals surface area contributed by atoms with Crippen LogP contribution < -0.4 is 24.2 Å². The van der Waals surface area contributed by atoms with Gasteiger partial charge >= 0.3 is 0 Å². The molecule has 21 rings (SSSR count). The number of nitrogens with one attached hydrogen (secondary N) is 3. The van der Waals surface area contributed by atoms with Crippen LogP contribution in [0.25, 0.3) is 34.2 Å². The lowest BCUT2D eigenvalue weighted by atomic mass is 9.86. The molecule has 12 aromatic rings. The summed E-state index contributed by atoms with van der Waals surface area (Å²) in [6.07, 6.45) is 16.0. The smallest absolute Gasteiger partial charge is 0.232 e. The summed E-state index contributed by atoms with van der Waals surface area (Å²) in [4.78, 5) is 65.3. The Labute approximate surface area is 636 Å². The van der Waals surface area contributed by atoms with E-state index in [0.717, 1.165) is 172 Å². The molecule has 11 aromatic heterocycles. The normalized spacial score (nSPS) is 19.2. The van der Waals surface area contributed by atoms with E-state index in [2.05, 4.69) is 115 Å². The van der Waals surface area contributed by atoms with Crippen molar-refractivity contribution in [1.29, 1.82) is 0 Å². The molecule has 6 unspecified atom stereocenters. The molecule has 9 saturated heterocycles. The maximum absolute atomic E-state index is 14.4. The quantitative estimate of drug-likeness (QED) is 0.0640. The van der Waals surface area contributed by atoms with E-state index in [1.165, 1.54) is 25.1 Å². The van der Waals surface area contributed by atoms with Gasteiger partial charge in [-0.15, -0.1) is 0 Å². The van der Waals surface area contributed by atoms with Crippen LogP contribution in [0.1, 0.15) is 104 Å². The summed E-state index contributed by atoms with van der Waals surface area (Å²) in [6.45, 7) is 19.6. The number of halogens is 3. The highest BCUT2D eigenvalue weighted by Crippen LogP contribution is 2.40. The van der Waals surface area contributed by atoms with Gasteiger partial charge in [0.05, 0.1) is 54.6 Å². The number of hydrogen-bond acceptors (Lipinski definition) is 22. The lowest BCUT2D eigenvalue weighted by Gasteiger charge is -2.56. The Morgan fingerprint density at radius 2 is 0.817 bits per heavy atom. The second kappa shape index (κ2) is 31.2. The summed E-state index contributed by atoms with van der Waals surface area (Å²) in [5, 5.41) is 22.5. The number of ether oxygens (including phenoxy) is 2. The van der Waals surface area contributed by atoms with Crippen molar-refractivity contribution in [3.05, 3.63) is 242 Å². The Kier molecular flexibility index (Phi) is 20.6. The zero-order chi connectivity index (χ0) is 75.0. The summed E-state index contributed by atoms with van der Waals surface area (Å²) >= 11 is 6.27. The number of H-pyrrole nitrogens is 3. The molecule has 558 valence electrons. The molecule has 3 N–H and O–H groups in total. The van der Waals surface area contributed by atoms with E-state index in [4.69, 9.17) is 51.0 Å². The number of aromatic nitrogens is 17. The molecule has 6 atom stereocenters. The Morgan fingerprint density at radius 3 is 1.17 bits per heavy atom. The number of rotatable bonds is 20. The number of anilines is 3. The van der Waals surface area contributed by atoms with Gasteiger partial charge in [0.1, 0.15) is 39.9 Å². The number of benzene rings is 1. The summed E-state index contributed by atoms with van der Waals surface area (Å²) in [6, 6.07) is 35.6. The summed E-state index contributed by atoms with van der Waals surface area (Å²) < 4.78 is 38.3. The number of aryl methyl sites for hydroxylation is 6. The zero-order valence-electron chi connectivity index (χ0n) is 62.2. The van der Waals surface area contributed by atoms with Crippen molar-refractivity contribution in [2.24, 2.45) is 0 Å². The van der Waals surface area contributed by atoms with Crippen molar-refractivity contribution < 1.29 is 18.3 Å². The van der Waals surface area contributed by atoms with Gasteiger partial charge in [0.2, 0.25) is 5.88 Å². The molecular weight excluding hydrogens is 1400 g/mol. The first-order valence-corrected chi connectivity index (χ1v) is 37.4. The van der Waals surface area contributed by atoms with Gasteiger partial charge in [0.15, 0.2) is 17.5 Å². The van der Waals surface area contributed by atoms with E-state index < -0.39 is 0 Å². The third-order valence-corrected chi connectivity index (χ3v) is 21.5. The van der Waals surface area contributed by atoms with Crippen LogP contribution in [0.5, 0.6) is 11.6 Å². The molecule has 0 aliphatic carbocycles. The Bertz CT molecular complexity index is 5180. The maximum Gasteiger partial charge on any atom is 0.232 e. The summed E-state index contributed by atoms with van der Waals surface area (Å²) in [5.74, 6) is 5.66. The van der Waals surface area contributed by atoms with Crippen LogP contribution in [-0.2, 0) is 38.9 Å². The molecule has 1 aromatic carbocycles. The van der Waals surface area contributed by atoms with E-state index in [1.807, 2.05) is 115 Å². The van der Waals surface area contributed by atoms with Crippen molar-refractivity contribution >= 4 is 29.1 Å². The van der Waals surface area contributed by atoms with Crippen LogP contribution in [0.4, 0.5) is 26.2 Å². The highest BCUT2D eigenvalue weighted by molar-refractivity contribution is 6.31. The predicted octanol–water partition coefficient (Wildman–Crippen LogP) is 11.5. The van der Waals surface area contributed by atoms with Crippen molar-refractivity contribution in [1.82, 2.24) is 100 Å². The number of hydrogen-bond donors (Lipinski definition) is 3. The summed E-state index contributed by atoms with van der Waals surface area (Å²) in [7, 11) is 3.19. The minimum atomic E-state index is -0.278. The van der Waals surface area contributed by atoms with E-state index >= 15 is 0 Å². The molecule has 6 bridgehead atoms. The van der Waals surface area contributed by atoms with E-state index in [-0.39, 0.29) is 11.6 Å². The van der Waals surface area contributed by atoms with Crippen LogP contribution >= 0.6 is 11.6 Å².